The molecule has 1 aliphatic rings. The Hall–Kier alpha value is -4.39. The Balaban J connectivity index is 1.47. The molecule has 0 saturated carbocycles. The summed E-state index contributed by atoms with van der Waals surface area (Å²) in [6.07, 6.45) is 8.10. The van der Waals surface area contributed by atoms with Crippen molar-refractivity contribution in [1.29, 1.82) is 5.26 Å². The lowest BCUT2D eigenvalue weighted by Crippen LogP contribution is -2.34. The van der Waals surface area contributed by atoms with Gasteiger partial charge < -0.3 is 9.30 Å². The van der Waals surface area contributed by atoms with Gasteiger partial charge in [0.1, 0.15) is 11.1 Å². The highest BCUT2D eigenvalue weighted by atomic mass is 19.2. The Morgan fingerprint density at radius 3 is 2.71 bits per heavy atom. The van der Waals surface area contributed by atoms with Gasteiger partial charge in [0.25, 0.3) is 0 Å². The summed E-state index contributed by atoms with van der Waals surface area (Å²) in [6.45, 7) is 2.48. The number of hydrogen-bond acceptors (Lipinski definition) is 6. The fourth-order valence-electron chi connectivity index (χ4n) is 4.31. The largest absolute Gasteiger partial charge is 0.479 e. The average Bonchev–Trinajstić information content (AvgIpc) is 3.50. The third-order valence-corrected chi connectivity index (χ3v) is 6.04. The van der Waals surface area contributed by atoms with Crippen molar-refractivity contribution in [3.8, 4) is 17.6 Å². The molecule has 10 heteroatoms. The lowest BCUT2D eigenvalue weighted by molar-refractivity contribution is 0.390. The number of methoxy groups -OCH3 is 1. The van der Waals surface area contributed by atoms with Gasteiger partial charge in [-0.3, -0.25) is 0 Å². The van der Waals surface area contributed by atoms with Crippen LogP contribution in [-0.4, -0.2) is 36.4 Å². The van der Waals surface area contributed by atoms with E-state index < -0.39 is 17.0 Å². The molecule has 35 heavy (non-hydrogen) atoms. The fraction of sp³-hybridized carbons (Fsp3) is 0.240. The van der Waals surface area contributed by atoms with E-state index in [1.165, 1.54) is 6.07 Å². The van der Waals surface area contributed by atoms with Crippen LogP contribution in [0.15, 0.2) is 42.9 Å². The monoisotopic (exact) mass is 473 g/mol. The van der Waals surface area contributed by atoms with Crippen LogP contribution in [0.25, 0.3) is 17.8 Å². The van der Waals surface area contributed by atoms with E-state index in [1.54, 1.807) is 30.3 Å². The second-order valence-corrected chi connectivity index (χ2v) is 8.29. The minimum absolute atomic E-state index is 0.361. The molecule has 1 atom stereocenters. The van der Waals surface area contributed by atoms with Crippen molar-refractivity contribution < 1.29 is 13.5 Å². The van der Waals surface area contributed by atoms with Crippen molar-refractivity contribution in [2.45, 2.75) is 31.7 Å². The van der Waals surface area contributed by atoms with Gasteiger partial charge in [-0.1, -0.05) is 6.07 Å². The van der Waals surface area contributed by atoms with Crippen LogP contribution in [0.4, 0.5) is 8.78 Å². The van der Waals surface area contributed by atoms with Crippen molar-refractivity contribution in [3.05, 3.63) is 83.1 Å². The highest BCUT2D eigenvalue weighted by Gasteiger charge is 2.42. The summed E-state index contributed by atoms with van der Waals surface area (Å²) in [4.78, 5) is 13.4. The van der Waals surface area contributed by atoms with Crippen molar-refractivity contribution in [2.75, 3.05) is 7.11 Å². The Bertz CT molecular complexity index is 1480. The molecule has 0 aliphatic carbocycles. The maximum absolute atomic E-state index is 14.0. The van der Waals surface area contributed by atoms with Crippen LogP contribution in [0, 0.1) is 29.9 Å². The van der Waals surface area contributed by atoms with E-state index in [0.29, 0.717) is 48.2 Å². The number of halogens is 2. The number of hydrogen-bond donors (Lipinski definition) is 0. The molecule has 0 unspecified atom stereocenters. The van der Waals surface area contributed by atoms with Crippen LogP contribution >= 0.6 is 0 Å². The van der Waals surface area contributed by atoms with Gasteiger partial charge in [0.05, 0.1) is 30.9 Å². The predicted molar refractivity (Wildman–Crippen MR) is 124 cm³/mol. The molecule has 1 aliphatic heterocycles. The summed E-state index contributed by atoms with van der Waals surface area (Å²) in [6, 6.07) is 9.53. The second kappa shape index (κ2) is 8.76. The normalized spacial score (nSPS) is 17.3. The van der Waals surface area contributed by atoms with E-state index in [0.717, 1.165) is 23.5 Å². The van der Waals surface area contributed by atoms with Crippen LogP contribution in [0.1, 0.15) is 41.4 Å². The smallest absolute Gasteiger partial charge is 0.238 e. The van der Waals surface area contributed by atoms with E-state index in [1.807, 2.05) is 29.8 Å². The molecule has 176 valence electrons. The molecule has 0 spiro atoms. The van der Waals surface area contributed by atoms with Crippen LogP contribution in [0.2, 0.25) is 0 Å². The Morgan fingerprint density at radius 2 is 2.00 bits per heavy atom. The molecule has 0 bridgehead atoms. The van der Waals surface area contributed by atoms with Gasteiger partial charge in [0.2, 0.25) is 5.88 Å². The Labute approximate surface area is 200 Å². The number of ether oxygens (including phenoxy) is 1. The zero-order valence-electron chi connectivity index (χ0n) is 19.1. The number of nitriles is 1. The van der Waals surface area contributed by atoms with Gasteiger partial charge in [-0.25, -0.2) is 28.4 Å². The first-order valence-corrected chi connectivity index (χ1v) is 11.0. The number of rotatable bonds is 5. The van der Waals surface area contributed by atoms with E-state index in [-0.39, 0.29) is 0 Å². The number of fused-ring (bicyclic) bond motifs is 1. The van der Waals surface area contributed by atoms with Gasteiger partial charge in [-0.2, -0.15) is 10.4 Å². The fourth-order valence-corrected chi connectivity index (χ4v) is 4.31. The molecular weight excluding hydrogens is 452 g/mol. The topological polar surface area (TPSA) is 94.4 Å². The SMILES string of the molecule is COc1nc(C=Cc2nc3n(n2)CCC[C@]3(C#N)c2ccc(F)c(F)c2)ccc1-n1cnc(C)c1. The summed E-state index contributed by atoms with van der Waals surface area (Å²) in [5, 5.41) is 14.6. The van der Waals surface area contributed by atoms with Crippen molar-refractivity contribution >= 4 is 12.2 Å². The molecule has 0 fully saturated rings. The van der Waals surface area contributed by atoms with E-state index in [2.05, 4.69) is 26.1 Å². The van der Waals surface area contributed by atoms with E-state index in [4.69, 9.17) is 4.74 Å². The Kier molecular flexibility index (Phi) is 5.61. The van der Waals surface area contributed by atoms with Gasteiger partial charge in [0.15, 0.2) is 23.3 Å². The highest BCUT2D eigenvalue weighted by Crippen LogP contribution is 2.39. The minimum Gasteiger partial charge on any atom is -0.479 e. The van der Waals surface area contributed by atoms with Gasteiger partial charge in [-0.05, 0) is 61.7 Å². The highest BCUT2D eigenvalue weighted by molar-refractivity contribution is 5.66. The Morgan fingerprint density at radius 1 is 1.14 bits per heavy atom. The van der Waals surface area contributed by atoms with Gasteiger partial charge >= 0.3 is 0 Å². The quantitative estimate of drug-likeness (QED) is 0.431. The number of aryl methyl sites for hydroxylation is 2. The molecular formula is C25H21F2N7O. The first-order valence-electron chi connectivity index (χ1n) is 11.0. The maximum Gasteiger partial charge on any atom is 0.238 e. The van der Waals surface area contributed by atoms with Crippen molar-refractivity contribution in [1.82, 2.24) is 29.3 Å². The first-order chi connectivity index (χ1) is 16.9. The molecule has 0 saturated heterocycles. The third-order valence-electron chi connectivity index (χ3n) is 6.04. The van der Waals surface area contributed by atoms with Crippen molar-refractivity contribution in [3.63, 3.8) is 0 Å². The van der Waals surface area contributed by atoms with E-state index in [9.17, 15) is 14.0 Å². The number of aromatic nitrogens is 6. The van der Waals surface area contributed by atoms with Crippen LogP contribution in [-0.2, 0) is 12.0 Å². The van der Waals surface area contributed by atoms with Crippen LogP contribution in [0.3, 0.4) is 0 Å². The van der Waals surface area contributed by atoms with Crippen LogP contribution < -0.4 is 4.74 Å². The standard InChI is InChI=1S/C25H21F2N7O/c1-16-13-33(15-29-16)21-8-5-18(30-23(21)35-2)6-9-22-31-24-25(14-28,10-3-11-34(24)32-22)17-4-7-19(26)20(27)12-17/h4-9,12-13,15H,3,10-11H2,1-2H3/t25-/m0/s1. The number of pyridine rings is 1. The maximum atomic E-state index is 14.0. The molecule has 3 aromatic heterocycles. The molecule has 4 heterocycles. The van der Waals surface area contributed by atoms with Gasteiger partial charge in [0, 0.05) is 12.7 Å². The number of nitrogens with zero attached hydrogens (tertiary/aromatic N) is 7. The molecule has 4 aromatic rings. The third kappa shape index (κ3) is 3.95. The number of benzene rings is 1. The summed E-state index contributed by atoms with van der Waals surface area (Å²) in [5.41, 5.74) is 1.41. The summed E-state index contributed by atoms with van der Waals surface area (Å²) in [5.74, 6) is -0.723. The van der Waals surface area contributed by atoms with E-state index >= 15 is 0 Å². The first kappa shape index (κ1) is 22.4. The zero-order chi connectivity index (χ0) is 24.6. The number of imidazole rings is 1. The molecule has 0 radical (unpaired) electrons. The molecule has 1 aromatic carbocycles. The predicted octanol–water partition coefficient (Wildman–Crippen LogP) is 4.23. The molecule has 8 nitrogen and oxygen atoms in total. The minimum atomic E-state index is -1.21. The lowest BCUT2D eigenvalue weighted by Gasteiger charge is -2.30. The zero-order valence-corrected chi connectivity index (χ0v) is 19.1. The molecule has 5 rings (SSSR count). The average molecular weight is 473 g/mol. The molecule has 0 N–H and O–H groups in total. The van der Waals surface area contributed by atoms with Crippen LogP contribution in [0.5, 0.6) is 5.88 Å². The van der Waals surface area contributed by atoms with Crippen molar-refractivity contribution in [2.24, 2.45) is 0 Å². The molecule has 0 amide bonds. The summed E-state index contributed by atoms with van der Waals surface area (Å²) < 4.78 is 36.4. The summed E-state index contributed by atoms with van der Waals surface area (Å²) >= 11 is 0. The summed E-state index contributed by atoms with van der Waals surface area (Å²) in [7, 11) is 1.55. The second-order valence-electron chi connectivity index (χ2n) is 8.29. The van der Waals surface area contributed by atoms with Gasteiger partial charge in [-0.15, -0.1) is 0 Å². The lowest BCUT2D eigenvalue weighted by atomic mass is 9.75.